The molecule has 1 aliphatic heterocycles. The summed E-state index contributed by atoms with van der Waals surface area (Å²) in [7, 11) is 2.13. The van der Waals surface area contributed by atoms with Crippen LogP contribution in [0.15, 0.2) is 30.6 Å². The van der Waals surface area contributed by atoms with Gasteiger partial charge in [0, 0.05) is 37.6 Å². The summed E-state index contributed by atoms with van der Waals surface area (Å²) in [6.07, 6.45) is 6.44. The van der Waals surface area contributed by atoms with Crippen LogP contribution in [0.5, 0.6) is 0 Å². The molecule has 1 aliphatic rings. The first kappa shape index (κ1) is 14.1. The zero-order valence-electron chi connectivity index (χ0n) is 12.8. The molecule has 4 nitrogen and oxygen atoms in total. The normalized spacial score (nSPS) is 15.9. The van der Waals surface area contributed by atoms with E-state index in [1.54, 1.807) is 6.20 Å². The van der Waals surface area contributed by atoms with E-state index in [9.17, 15) is 5.11 Å². The molecule has 2 heterocycles. The summed E-state index contributed by atoms with van der Waals surface area (Å²) in [5, 5.41) is 14.9. The van der Waals surface area contributed by atoms with E-state index in [0.717, 1.165) is 37.1 Å². The second kappa shape index (κ2) is 5.90. The fraction of sp³-hybridized carbons (Fsp3) is 0.471. The molecule has 0 aliphatic carbocycles. The van der Waals surface area contributed by atoms with Crippen molar-refractivity contribution in [1.29, 1.82) is 0 Å². The zero-order valence-corrected chi connectivity index (χ0v) is 12.8. The minimum atomic E-state index is -0.590. The first-order chi connectivity index (χ1) is 10.2. The summed E-state index contributed by atoms with van der Waals surface area (Å²) in [6.45, 7) is 4.12. The van der Waals surface area contributed by atoms with Crippen molar-refractivity contribution in [2.24, 2.45) is 0 Å². The van der Waals surface area contributed by atoms with Crippen LogP contribution in [-0.4, -0.2) is 28.5 Å². The predicted octanol–water partition coefficient (Wildman–Crippen LogP) is 2.76. The number of aromatic nitrogens is 2. The lowest BCUT2D eigenvalue weighted by atomic mass is 9.96. The largest absolute Gasteiger partial charge is 0.384 e. The first-order valence-corrected chi connectivity index (χ1v) is 7.73. The van der Waals surface area contributed by atoms with Gasteiger partial charge in [-0.1, -0.05) is 19.1 Å². The third-order valence-electron chi connectivity index (χ3n) is 4.19. The molecule has 3 rings (SSSR count). The molecular weight excluding hydrogens is 262 g/mol. The smallest absolute Gasteiger partial charge is 0.107 e. The Morgan fingerprint density at radius 2 is 2.19 bits per heavy atom. The van der Waals surface area contributed by atoms with Gasteiger partial charge in [-0.05, 0) is 36.5 Å². The number of fused-ring (bicyclic) bond motifs is 1. The third-order valence-corrected chi connectivity index (χ3v) is 4.19. The van der Waals surface area contributed by atoms with Gasteiger partial charge in [-0.25, -0.2) is 0 Å². The van der Waals surface area contributed by atoms with Crippen LogP contribution in [0.25, 0.3) is 0 Å². The Kier molecular flexibility index (Phi) is 3.97. The van der Waals surface area contributed by atoms with Gasteiger partial charge in [-0.3, -0.25) is 4.68 Å². The summed E-state index contributed by atoms with van der Waals surface area (Å²) in [6, 6.07) is 6.30. The Hall–Kier alpha value is -1.81. The lowest BCUT2D eigenvalue weighted by Gasteiger charge is -2.28. The van der Waals surface area contributed by atoms with Gasteiger partial charge in [0.15, 0.2) is 0 Å². The maximum atomic E-state index is 10.6. The van der Waals surface area contributed by atoms with Crippen molar-refractivity contribution in [3.63, 3.8) is 0 Å². The minimum absolute atomic E-state index is 0.590. The molecule has 0 amide bonds. The van der Waals surface area contributed by atoms with Crippen LogP contribution in [0, 0.1) is 0 Å². The van der Waals surface area contributed by atoms with Gasteiger partial charge in [0.1, 0.15) is 6.10 Å². The van der Waals surface area contributed by atoms with Crippen LogP contribution in [0.1, 0.15) is 42.6 Å². The number of hydrogen-bond acceptors (Lipinski definition) is 3. The molecular formula is C17H23N3O. The number of aryl methyl sites for hydroxylation is 2. The molecule has 0 spiro atoms. The van der Waals surface area contributed by atoms with Crippen molar-refractivity contribution < 1.29 is 5.11 Å². The minimum Gasteiger partial charge on any atom is -0.384 e. The summed E-state index contributed by atoms with van der Waals surface area (Å²) < 4.78 is 1.89. The number of hydrogen-bond donors (Lipinski definition) is 1. The SMILES string of the molecule is CCCn1cc(C(O)c2ccc3c(c2)CCCN3C)cn1. The summed E-state index contributed by atoms with van der Waals surface area (Å²) >= 11 is 0. The summed E-state index contributed by atoms with van der Waals surface area (Å²) in [5.74, 6) is 0. The standard InChI is InChI=1S/C17H23N3O/c1-3-8-20-12-15(11-18-20)17(21)14-6-7-16-13(10-14)5-4-9-19(16)2/h6-7,10-12,17,21H,3-5,8-9H2,1-2H3. The Morgan fingerprint density at radius 3 is 3.00 bits per heavy atom. The van der Waals surface area contributed by atoms with E-state index in [2.05, 4.69) is 36.1 Å². The fourth-order valence-corrected chi connectivity index (χ4v) is 3.04. The molecule has 1 atom stereocenters. The highest BCUT2D eigenvalue weighted by molar-refractivity contribution is 5.56. The van der Waals surface area contributed by atoms with E-state index < -0.39 is 6.10 Å². The van der Waals surface area contributed by atoms with Crippen molar-refractivity contribution in [3.05, 3.63) is 47.3 Å². The third kappa shape index (κ3) is 2.81. The molecule has 21 heavy (non-hydrogen) atoms. The average Bonchev–Trinajstić information content (AvgIpc) is 2.95. The Bertz CT molecular complexity index is 620. The van der Waals surface area contributed by atoms with Crippen LogP contribution >= 0.6 is 0 Å². The number of anilines is 1. The highest BCUT2D eigenvalue weighted by Crippen LogP contribution is 2.30. The lowest BCUT2D eigenvalue weighted by molar-refractivity contribution is 0.220. The molecule has 1 unspecified atom stereocenters. The van der Waals surface area contributed by atoms with Crippen molar-refractivity contribution in [3.8, 4) is 0 Å². The van der Waals surface area contributed by atoms with Crippen molar-refractivity contribution >= 4 is 5.69 Å². The number of aliphatic hydroxyl groups is 1. The first-order valence-electron chi connectivity index (χ1n) is 7.73. The molecule has 0 saturated heterocycles. The van der Waals surface area contributed by atoms with Gasteiger partial charge < -0.3 is 10.0 Å². The molecule has 2 aromatic rings. The van der Waals surface area contributed by atoms with E-state index in [4.69, 9.17) is 0 Å². The molecule has 0 radical (unpaired) electrons. The number of aliphatic hydroxyl groups excluding tert-OH is 1. The molecule has 4 heteroatoms. The maximum absolute atomic E-state index is 10.6. The number of benzene rings is 1. The Labute approximate surface area is 126 Å². The Balaban J connectivity index is 1.85. The number of rotatable bonds is 4. The van der Waals surface area contributed by atoms with E-state index in [1.807, 2.05) is 16.9 Å². The van der Waals surface area contributed by atoms with Crippen molar-refractivity contribution in [2.75, 3.05) is 18.5 Å². The van der Waals surface area contributed by atoms with Crippen LogP contribution in [0.4, 0.5) is 5.69 Å². The molecule has 0 bridgehead atoms. The van der Waals surface area contributed by atoms with Crippen LogP contribution in [0.2, 0.25) is 0 Å². The molecule has 1 N–H and O–H groups in total. The van der Waals surface area contributed by atoms with Crippen molar-refractivity contribution in [1.82, 2.24) is 9.78 Å². The lowest BCUT2D eigenvalue weighted by Crippen LogP contribution is -2.24. The van der Waals surface area contributed by atoms with E-state index >= 15 is 0 Å². The van der Waals surface area contributed by atoms with Crippen molar-refractivity contribution in [2.45, 2.75) is 38.8 Å². The molecule has 0 saturated carbocycles. The van der Waals surface area contributed by atoms with Crippen LogP contribution in [-0.2, 0) is 13.0 Å². The predicted molar refractivity (Wildman–Crippen MR) is 84.6 cm³/mol. The molecule has 1 aromatic heterocycles. The van der Waals surface area contributed by atoms with Gasteiger partial charge in [0.05, 0.1) is 6.20 Å². The second-order valence-electron chi connectivity index (χ2n) is 5.85. The van der Waals surface area contributed by atoms with E-state index in [1.165, 1.54) is 17.7 Å². The second-order valence-corrected chi connectivity index (χ2v) is 5.85. The zero-order chi connectivity index (χ0) is 14.8. The van der Waals surface area contributed by atoms with E-state index in [-0.39, 0.29) is 0 Å². The summed E-state index contributed by atoms with van der Waals surface area (Å²) in [4.78, 5) is 2.29. The van der Waals surface area contributed by atoms with E-state index in [0.29, 0.717) is 0 Å². The van der Waals surface area contributed by atoms with Gasteiger partial charge in [-0.15, -0.1) is 0 Å². The van der Waals surface area contributed by atoms with Gasteiger partial charge >= 0.3 is 0 Å². The highest BCUT2D eigenvalue weighted by atomic mass is 16.3. The van der Waals surface area contributed by atoms with Crippen LogP contribution in [0.3, 0.4) is 0 Å². The molecule has 112 valence electrons. The monoisotopic (exact) mass is 285 g/mol. The quantitative estimate of drug-likeness (QED) is 0.939. The maximum Gasteiger partial charge on any atom is 0.107 e. The molecule has 0 fully saturated rings. The summed E-state index contributed by atoms with van der Waals surface area (Å²) in [5.41, 5.74) is 4.45. The average molecular weight is 285 g/mol. The van der Waals surface area contributed by atoms with Gasteiger partial charge in [0.2, 0.25) is 0 Å². The Morgan fingerprint density at radius 1 is 1.33 bits per heavy atom. The molecule has 1 aromatic carbocycles. The number of nitrogens with zero attached hydrogens (tertiary/aromatic N) is 3. The van der Waals surface area contributed by atoms with Gasteiger partial charge in [-0.2, -0.15) is 5.10 Å². The van der Waals surface area contributed by atoms with Gasteiger partial charge in [0.25, 0.3) is 0 Å². The highest BCUT2D eigenvalue weighted by Gasteiger charge is 2.18. The fourth-order valence-electron chi connectivity index (χ4n) is 3.04. The topological polar surface area (TPSA) is 41.3 Å². The van der Waals surface area contributed by atoms with Crippen LogP contribution < -0.4 is 4.90 Å².